The third-order valence-corrected chi connectivity index (χ3v) is 3.96. The molecule has 3 rings (SSSR count). The van der Waals surface area contributed by atoms with Crippen molar-refractivity contribution in [2.45, 2.75) is 13.8 Å². The van der Waals surface area contributed by atoms with Gasteiger partial charge in [-0.15, -0.1) is 0 Å². The first-order chi connectivity index (χ1) is 11.2. The van der Waals surface area contributed by atoms with Crippen molar-refractivity contribution in [3.05, 3.63) is 35.2 Å². The molecule has 0 radical (unpaired) electrons. The Morgan fingerprint density at radius 2 is 1.87 bits per heavy atom. The quantitative estimate of drug-likeness (QED) is 0.802. The summed E-state index contributed by atoms with van der Waals surface area (Å²) in [5, 5.41) is 0.522. The van der Waals surface area contributed by atoms with Crippen LogP contribution in [0.15, 0.2) is 24.4 Å². The number of halogens is 1. The number of anilines is 2. The van der Waals surface area contributed by atoms with E-state index in [0.717, 1.165) is 43.5 Å². The highest BCUT2D eigenvalue weighted by molar-refractivity contribution is 6.29. The van der Waals surface area contributed by atoms with Gasteiger partial charge in [0.1, 0.15) is 5.15 Å². The number of aromatic nitrogens is 3. The molecule has 0 spiro atoms. The molecule has 1 fully saturated rings. The topological polar surface area (TPSA) is 54.4 Å². The summed E-state index contributed by atoms with van der Waals surface area (Å²) >= 11 is 5.97. The Hall–Kier alpha value is -2.08. The van der Waals surface area contributed by atoms with Crippen molar-refractivity contribution in [2.24, 2.45) is 0 Å². The first-order valence-electron chi connectivity index (χ1n) is 7.75. The molecule has 0 aromatic carbocycles. The summed E-state index contributed by atoms with van der Waals surface area (Å²) in [6, 6.07) is 5.74. The van der Waals surface area contributed by atoms with Gasteiger partial charge in [0.25, 0.3) is 0 Å². The number of hydrogen-bond donors (Lipinski definition) is 0. The van der Waals surface area contributed by atoms with Crippen molar-refractivity contribution in [1.82, 2.24) is 15.0 Å². The van der Waals surface area contributed by atoms with Crippen LogP contribution in [0, 0.1) is 6.92 Å². The molecule has 0 aliphatic carbocycles. The van der Waals surface area contributed by atoms with Crippen LogP contribution in [0.3, 0.4) is 0 Å². The summed E-state index contributed by atoms with van der Waals surface area (Å²) in [6.07, 6.45) is 1.74. The molecule has 1 saturated heterocycles. The summed E-state index contributed by atoms with van der Waals surface area (Å²) in [5.41, 5.74) is 2.02. The molecule has 0 atom stereocenters. The predicted octanol–water partition coefficient (Wildman–Crippen LogP) is 2.56. The van der Waals surface area contributed by atoms with Gasteiger partial charge >= 0.3 is 0 Å². The van der Waals surface area contributed by atoms with Gasteiger partial charge in [0.2, 0.25) is 11.8 Å². The van der Waals surface area contributed by atoms with Crippen molar-refractivity contribution < 1.29 is 4.74 Å². The van der Waals surface area contributed by atoms with Gasteiger partial charge in [0, 0.05) is 49.8 Å². The van der Waals surface area contributed by atoms with E-state index in [1.807, 2.05) is 32.0 Å². The monoisotopic (exact) mass is 333 g/mol. The number of ether oxygens (including phenoxy) is 1. The van der Waals surface area contributed by atoms with Gasteiger partial charge < -0.3 is 14.5 Å². The lowest BCUT2D eigenvalue weighted by Gasteiger charge is -2.36. The second-order valence-electron chi connectivity index (χ2n) is 5.39. The Bertz CT molecular complexity index is 673. The molecule has 0 unspecified atom stereocenters. The number of nitrogens with zero attached hydrogens (tertiary/aromatic N) is 5. The molecule has 23 heavy (non-hydrogen) atoms. The molecule has 1 aliphatic rings. The summed E-state index contributed by atoms with van der Waals surface area (Å²) in [4.78, 5) is 17.6. The van der Waals surface area contributed by atoms with Crippen LogP contribution in [-0.4, -0.2) is 47.7 Å². The fraction of sp³-hybridized carbons (Fsp3) is 0.438. The second-order valence-corrected chi connectivity index (χ2v) is 5.78. The van der Waals surface area contributed by atoms with E-state index in [9.17, 15) is 0 Å². The van der Waals surface area contributed by atoms with Crippen LogP contribution < -0.4 is 14.5 Å². The zero-order valence-corrected chi connectivity index (χ0v) is 14.1. The van der Waals surface area contributed by atoms with E-state index in [1.165, 1.54) is 0 Å². The molecule has 7 heteroatoms. The molecule has 0 saturated carbocycles. The minimum Gasteiger partial charge on any atom is -0.478 e. The van der Waals surface area contributed by atoms with E-state index in [4.69, 9.17) is 16.3 Å². The first kappa shape index (κ1) is 15.8. The molecule has 0 N–H and O–H groups in total. The fourth-order valence-corrected chi connectivity index (χ4v) is 2.81. The summed E-state index contributed by atoms with van der Waals surface area (Å²) in [6.45, 7) is 8.01. The molecule has 0 amide bonds. The Kier molecular flexibility index (Phi) is 4.81. The lowest BCUT2D eigenvalue weighted by molar-refractivity contribution is 0.325. The highest BCUT2D eigenvalue weighted by Gasteiger charge is 2.20. The number of aryl methyl sites for hydroxylation is 1. The Morgan fingerprint density at radius 3 is 2.57 bits per heavy atom. The summed E-state index contributed by atoms with van der Waals surface area (Å²) in [5.74, 6) is 1.37. The number of hydrogen-bond acceptors (Lipinski definition) is 6. The fourth-order valence-electron chi connectivity index (χ4n) is 2.64. The zero-order chi connectivity index (χ0) is 16.2. The van der Waals surface area contributed by atoms with Crippen LogP contribution >= 0.6 is 11.6 Å². The smallest absolute Gasteiger partial charge is 0.228 e. The Labute approximate surface area is 141 Å². The van der Waals surface area contributed by atoms with Gasteiger partial charge in [-0.2, -0.15) is 4.98 Å². The average Bonchev–Trinajstić information content (AvgIpc) is 2.55. The summed E-state index contributed by atoms with van der Waals surface area (Å²) in [7, 11) is 0. The van der Waals surface area contributed by atoms with Crippen LogP contribution in [0.1, 0.15) is 12.6 Å². The van der Waals surface area contributed by atoms with Crippen molar-refractivity contribution >= 4 is 23.2 Å². The molecule has 0 bridgehead atoms. The van der Waals surface area contributed by atoms with Gasteiger partial charge in [0.05, 0.1) is 6.61 Å². The van der Waals surface area contributed by atoms with Crippen LogP contribution in [0.2, 0.25) is 5.15 Å². The highest BCUT2D eigenvalue weighted by Crippen LogP contribution is 2.21. The zero-order valence-electron chi connectivity index (χ0n) is 13.4. The second kappa shape index (κ2) is 7.00. The predicted molar refractivity (Wildman–Crippen MR) is 91.6 cm³/mol. The summed E-state index contributed by atoms with van der Waals surface area (Å²) < 4.78 is 5.51. The van der Waals surface area contributed by atoms with Gasteiger partial charge in [-0.25, -0.2) is 9.97 Å². The van der Waals surface area contributed by atoms with E-state index in [1.54, 1.807) is 6.20 Å². The molecule has 122 valence electrons. The van der Waals surface area contributed by atoms with E-state index < -0.39 is 0 Å². The molecular weight excluding hydrogens is 314 g/mol. The van der Waals surface area contributed by atoms with Crippen molar-refractivity contribution in [1.29, 1.82) is 0 Å². The average molecular weight is 334 g/mol. The lowest BCUT2D eigenvalue weighted by Crippen LogP contribution is -2.47. The third kappa shape index (κ3) is 3.82. The van der Waals surface area contributed by atoms with E-state index >= 15 is 0 Å². The van der Waals surface area contributed by atoms with Crippen molar-refractivity contribution in [3.8, 4) is 5.88 Å². The molecular formula is C16H20ClN5O. The van der Waals surface area contributed by atoms with Crippen molar-refractivity contribution in [2.75, 3.05) is 42.6 Å². The molecule has 2 aromatic heterocycles. The standard InChI is InChI=1S/C16H20ClN5O/c1-3-23-15-10-12(2)19-16(20-15)22-8-6-21(7-9-22)13-4-5-18-14(17)11-13/h4-5,10-11H,3,6-9H2,1-2H3. The number of pyridine rings is 1. The SMILES string of the molecule is CCOc1cc(C)nc(N2CCN(c3ccnc(Cl)c3)CC2)n1. The van der Waals surface area contributed by atoms with Crippen molar-refractivity contribution in [3.63, 3.8) is 0 Å². The highest BCUT2D eigenvalue weighted by atomic mass is 35.5. The minimum absolute atomic E-state index is 0.522. The van der Waals surface area contributed by atoms with Crippen LogP contribution in [0.5, 0.6) is 5.88 Å². The molecule has 2 aromatic rings. The van der Waals surface area contributed by atoms with E-state index in [-0.39, 0.29) is 0 Å². The Morgan fingerprint density at radius 1 is 1.13 bits per heavy atom. The van der Waals surface area contributed by atoms with Gasteiger partial charge in [-0.05, 0) is 26.0 Å². The minimum atomic E-state index is 0.522. The Balaban J connectivity index is 1.69. The van der Waals surface area contributed by atoms with E-state index in [2.05, 4.69) is 24.8 Å². The molecule has 3 heterocycles. The maximum atomic E-state index is 5.97. The molecule has 6 nitrogen and oxygen atoms in total. The third-order valence-electron chi connectivity index (χ3n) is 3.75. The van der Waals surface area contributed by atoms with Gasteiger partial charge in [0.15, 0.2) is 0 Å². The number of piperazine rings is 1. The normalized spacial score (nSPS) is 14.9. The lowest BCUT2D eigenvalue weighted by atomic mass is 10.2. The van der Waals surface area contributed by atoms with Gasteiger partial charge in [-0.3, -0.25) is 0 Å². The van der Waals surface area contributed by atoms with Crippen LogP contribution in [0.25, 0.3) is 0 Å². The first-order valence-corrected chi connectivity index (χ1v) is 8.13. The van der Waals surface area contributed by atoms with E-state index in [0.29, 0.717) is 17.6 Å². The van der Waals surface area contributed by atoms with Crippen LogP contribution in [0.4, 0.5) is 11.6 Å². The number of rotatable bonds is 4. The largest absolute Gasteiger partial charge is 0.478 e. The maximum absolute atomic E-state index is 5.97. The maximum Gasteiger partial charge on any atom is 0.228 e. The molecule has 1 aliphatic heterocycles. The van der Waals surface area contributed by atoms with Crippen LogP contribution in [-0.2, 0) is 0 Å². The van der Waals surface area contributed by atoms with Gasteiger partial charge in [-0.1, -0.05) is 11.6 Å².